The highest BCUT2D eigenvalue weighted by molar-refractivity contribution is 6.11. The lowest BCUT2D eigenvalue weighted by Gasteiger charge is -2.10. The molecule has 0 aliphatic carbocycles. The molecule has 7 aromatic carbocycles. The summed E-state index contributed by atoms with van der Waals surface area (Å²) in [4.78, 5) is 14.9. The molecule has 0 bridgehead atoms. The molecule has 0 saturated carbocycles. The first-order valence-electron chi connectivity index (χ1n) is 15.0. The summed E-state index contributed by atoms with van der Waals surface area (Å²) in [7, 11) is 0. The predicted octanol–water partition coefficient (Wildman–Crippen LogP) is 10.7. The summed E-state index contributed by atoms with van der Waals surface area (Å²) in [5.41, 5.74) is 6.79. The molecule has 0 aliphatic rings. The molecule has 45 heavy (non-hydrogen) atoms. The summed E-state index contributed by atoms with van der Waals surface area (Å²) < 4.78 is 6.25. The molecule has 0 spiro atoms. The molecule has 0 fully saturated rings. The van der Waals surface area contributed by atoms with Crippen LogP contribution in [0.1, 0.15) is 0 Å². The maximum atomic E-state index is 6.25. The Morgan fingerprint density at radius 3 is 1.62 bits per heavy atom. The van der Waals surface area contributed by atoms with Gasteiger partial charge in [0.15, 0.2) is 17.5 Å². The van der Waals surface area contributed by atoms with E-state index in [1.54, 1.807) is 0 Å². The van der Waals surface area contributed by atoms with Crippen molar-refractivity contribution in [2.75, 3.05) is 0 Å². The minimum atomic E-state index is 0.634. The maximum Gasteiger partial charge on any atom is 0.164 e. The second-order valence-electron chi connectivity index (χ2n) is 11.3. The van der Waals surface area contributed by atoms with Gasteiger partial charge in [-0.1, -0.05) is 115 Å². The number of nitrogens with zero attached hydrogens (tertiary/aromatic N) is 3. The molecule has 4 nitrogen and oxygen atoms in total. The van der Waals surface area contributed by atoms with Gasteiger partial charge in [0.1, 0.15) is 11.2 Å². The third kappa shape index (κ3) is 4.52. The highest BCUT2D eigenvalue weighted by Gasteiger charge is 2.15. The van der Waals surface area contributed by atoms with Crippen LogP contribution >= 0.6 is 0 Å². The van der Waals surface area contributed by atoms with Crippen LogP contribution in [0.2, 0.25) is 0 Å². The van der Waals surface area contributed by atoms with Gasteiger partial charge in [-0.15, -0.1) is 0 Å². The van der Waals surface area contributed by atoms with Gasteiger partial charge in [0, 0.05) is 27.5 Å². The van der Waals surface area contributed by atoms with Gasteiger partial charge in [0.05, 0.1) is 0 Å². The monoisotopic (exact) mass is 575 g/mol. The van der Waals surface area contributed by atoms with Crippen molar-refractivity contribution in [1.82, 2.24) is 15.0 Å². The van der Waals surface area contributed by atoms with E-state index in [1.807, 2.05) is 30.3 Å². The summed E-state index contributed by atoms with van der Waals surface area (Å²) in [5.74, 6) is 1.93. The molecule has 4 heteroatoms. The normalized spacial score (nSPS) is 11.6. The molecular formula is C41H25N3O. The van der Waals surface area contributed by atoms with Gasteiger partial charge < -0.3 is 4.42 Å². The topological polar surface area (TPSA) is 51.8 Å². The Bertz CT molecular complexity index is 2550. The standard InChI is InChI=1S/C41H25N3O/c1-2-10-27(11-3-1)39-42-40(44-41(43-39)34-18-17-26-9-4-5-12-28(26)21-34)33-16-8-15-29(22-33)32-19-20-37-35(24-32)36-23-30-13-6-7-14-31(30)25-38(36)45-37/h1-25H. The molecule has 0 N–H and O–H groups in total. The van der Waals surface area contributed by atoms with E-state index in [2.05, 4.69) is 121 Å². The van der Waals surface area contributed by atoms with Gasteiger partial charge >= 0.3 is 0 Å². The molecule has 2 aromatic heterocycles. The minimum Gasteiger partial charge on any atom is -0.456 e. The molecule has 9 aromatic rings. The molecule has 2 heterocycles. The third-order valence-corrected chi connectivity index (χ3v) is 8.47. The summed E-state index contributed by atoms with van der Waals surface area (Å²) in [6.45, 7) is 0. The van der Waals surface area contributed by atoms with Gasteiger partial charge in [-0.05, 0) is 69.1 Å². The van der Waals surface area contributed by atoms with E-state index < -0.39 is 0 Å². The van der Waals surface area contributed by atoms with Gasteiger partial charge in [-0.25, -0.2) is 15.0 Å². The van der Waals surface area contributed by atoms with E-state index >= 15 is 0 Å². The lowest BCUT2D eigenvalue weighted by atomic mass is 10.00. The van der Waals surface area contributed by atoms with Crippen molar-refractivity contribution in [3.8, 4) is 45.3 Å². The van der Waals surface area contributed by atoms with E-state index in [1.165, 1.54) is 16.2 Å². The van der Waals surface area contributed by atoms with Crippen LogP contribution in [0, 0.1) is 0 Å². The molecule has 0 amide bonds. The number of hydrogen-bond donors (Lipinski definition) is 0. The lowest BCUT2D eigenvalue weighted by molar-refractivity contribution is 0.669. The van der Waals surface area contributed by atoms with Crippen molar-refractivity contribution in [3.63, 3.8) is 0 Å². The molecule has 0 radical (unpaired) electrons. The average Bonchev–Trinajstić information content (AvgIpc) is 3.47. The lowest BCUT2D eigenvalue weighted by Crippen LogP contribution is -2.00. The largest absolute Gasteiger partial charge is 0.456 e. The van der Waals surface area contributed by atoms with Crippen LogP contribution in [0.4, 0.5) is 0 Å². The smallest absolute Gasteiger partial charge is 0.164 e. The first-order chi connectivity index (χ1) is 22.2. The molecule has 0 aliphatic heterocycles. The maximum absolute atomic E-state index is 6.25. The second kappa shape index (κ2) is 10.2. The number of hydrogen-bond acceptors (Lipinski definition) is 4. The molecule has 0 saturated heterocycles. The van der Waals surface area contributed by atoms with Crippen molar-refractivity contribution in [2.45, 2.75) is 0 Å². The Balaban J connectivity index is 1.18. The summed E-state index contributed by atoms with van der Waals surface area (Å²) in [6.07, 6.45) is 0. The van der Waals surface area contributed by atoms with E-state index in [4.69, 9.17) is 19.4 Å². The van der Waals surface area contributed by atoms with Gasteiger partial charge in [-0.2, -0.15) is 0 Å². The fourth-order valence-electron chi connectivity index (χ4n) is 6.16. The van der Waals surface area contributed by atoms with Crippen LogP contribution in [0.25, 0.3) is 88.8 Å². The van der Waals surface area contributed by atoms with Crippen molar-refractivity contribution in [3.05, 3.63) is 152 Å². The van der Waals surface area contributed by atoms with Crippen LogP contribution in [0.5, 0.6) is 0 Å². The van der Waals surface area contributed by atoms with E-state index in [-0.39, 0.29) is 0 Å². The van der Waals surface area contributed by atoms with Gasteiger partial charge in [-0.3, -0.25) is 0 Å². The Hall–Kier alpha value is -6.13. The summed E-state index contributed by atoms with van der Waals surface area (Å²) in [6, 6.07) is 52.3. The van der Waals surface area contributed by atoms with Crippen LogP contribution in [-0.4, -0.2) is 15.0 Å². The van der Waals surface area contributed by atoms with E-state index in [9.17, 15) is 0 Å². The quantitative estimate of drug-likeness (QED) is 0.209. The predicted molar refractivity (Wildman–Crippen MR) is 184 cm³/mol. The highest BCUT2D eigenvalue weighted by atomic mass is 16.3. The Kier molecular flexibility index (Phi) is 5.78. The Morgan fingerprint density at radius 2 is 0.844 bits per heavy atom. The van der Waals surface area contributed by atoms with Crippen LogP contribution in [-0.2, 0) is 0 Å². The number of fused-ring (bicyclic) bond motifs is 5. The number of rotatable bonds is 4. The zero-order valence-electron chi connectivity index (χ0n) is 24.2. The van der Waals surface area contributed by atoms with Crippen LogP contribution in [0.3, 0.4) is 0 Å². The fourth-order valence-corrected chi connectivity index (χ4v) is 6.16. The Morgan fingerprint density at radius 1 is 0.311 bits per heavy atom. The fraction of sp³-hybridized carbons (Fsp3) is 0. The Labute approximate surface area is 259 Å². The van der Waals surface area contributed by atoms with Gasteiger partial charge in [0.25, 0.3) is 0 Å². The first kappa shape index (κ1) is 25.4. The zero-order chi connectivity index (χ0) is 29.7. The second-order valence-corrected chi connectivity index (χ2v) is 11.3. The van der Waals surface area contributed by atoms with E-state index in [0.29, 0.717) is 17.5 Å². The number of benzene rings is 7. The number of furan rings is 1. The first-order valence-corrected chi connectivity index (χ1v) is 15.0. The molecule has 0 unspecified atom stereocenters. The summed E-state index contributed by atoms with van der Waals surface area (Å²) in [5, 5.41) is 6.92. The molecule has 9 rings (SSSR count). The highest BCUT2D eigenvalue weighted by Crippen LogP contribution is 2.36. The molecule has 210 valence electrons. The van der Waals surface area contributed by atoms with Crippen molar-refractivity contribution in [1.29, 1.82) is 0 Å². The SMILES string of the molecule is c1ccc(-c2nc(-c3cccc(-c4ccc5oc6cc7ccccc7cc6c5c4)c3)nc(-c3ccc4ccccc4c3)n2)cc1. The van der Waals surface area contributed by atoms with Crippen LogP contribution < -0.4 is 0 Å². The minimum absolute atomic E-state index is 0.634. The van der Waals surface area contributed by atoms with Gasteiger partial charge in [0.2, 0.25) is 0 Å². The molecular weight excluding hydrogens is 550 g/mol. The summed E-state index contributed by atoms with van der Waals surface area (Å²) >= 11 is 0. The van der Waals surface area contributed by atoms with Crippen molar-refractivity contribution < 1.29 is 4.42 Å². The molecule has 0 atom stereocenters. The van der Waals surface area contributed by atoms with E-state index in [0.717, 1.165) is 55.1 Å². The van der Waals surface area contributed by atoms with Crippen molar-refractivity contribution >= 4 is 43.5 Å². The third-order valence-electron chi connectivity index (χ3n) is 8.47. The number of aromatic nitrogens is 3. The zero-order valence-corrected chi connectivity index (χ0v) is 24.2. The average molecular weight is 576 g/mol. The van der Waals surface area contributed by atoms with Crippen molar-refractivity contribution in [2.24, 2.45) is 0 Å². The van der Waals surface area contributed by atoms with Crippen LogP contribution in [0.15, 0.2) is 156 Å².